The van der Waals surface area contributed by atoms with E-state index >= 15 is 0 Å². The van der Waals surface area contributed by atoms with E-state index in [0.29, 0.717) is 5.69 Å². The first-order valence-electron chi connectivity index (χ1n) is 4.32. The molecule has 3 heteroatoms. The van der Waals surface area contributed by atoms with Gasteiger partial charge in [0, 0.05) is 6.54 Å². The number of nitrogens with one attached hydrogen (secondary N) is 1. The summed E-state index contributed by atoms with van der Waals surface area (Å²) in [6, 6.07) is 6.36. The van der Waals surface area contributed by atoms with Crippen LogP contribution in [-0.4, -0.2) is 11.7 Å². The Balaban J connectivity index is 3.01. The molecule has 0 saturated carbocycles. The van der Waals surface area contributed by atoms with Crippen LogP contribution >= 0.6 is 0 Å². The SMILES string of the molecule is CCCNc1ccccc(=O)c1O. The van der Waals surface area contributed by atoms with Crippen molar-refractivity contribution in [3.05, 3.63) is 34.5 Å². The van der Waals surface area contributed by atoms with E-state index in [9.17, 15) is 9.90 Å². The molecule has 0 unspecified atom stereocenters. The summed E-state index contributed by atoms with van der Waals surface area (Å²) in [6.07, 6.45) is 0.951. The summed E-state index contributed by atoms with van der Waals surface area (Å²) < 4.78 is 0. The third kappa shape index (κ3) is 2.47. The lowest BCUT2D eigenvalue weighted by molar-refractivity contribution is 0.473. The maximum Gasteiger partial charge on any atom is 0.222 e. The van der Waals surface area contributed by atoms with Crippen LogP contribution in [0.1, 0.15) is 13.3 Å². The number of hydrogen-bond acceptors (Lipinski definition) is 3. The Morgan fingerprint density at radius 1 is 1.38 bits per heavy atom. The summed E-state index contributed by atoms with van der Waals surface area (Å²) in [6.45, 7) is 2.77. The normalized spacial score (nSPS) is 9.62. The minimum Gasteiger partial charge on any atom is -0.503 e. The molecule has 0 radical (unpaired) electrons. The molecule has 0 fully saturated rings. The highest BCUT2D eigenvalue weighted by atomic mass is 16.3. The van der Waals surface area contributed by atoms with Gasteiger partial charge in [0.05, 0.1) is 5.69 Å². The molecule has 2 N–H and O–H groups in total. The first-order valence-corrected chi connectivity index (χ1v) is 4.32. The molecule has 0 amide bonds. The van der Waals surface area contributed by atoms with Crippen molar-refractivity contribution in [2.75, 3.05) is 11.9 Å². The van der Waals surface area contributed by atoms with Crippen molar-refractivity contribution in [1.82, 2.24) is 0 Å². The van der Waals surface area contributed by atoms with E-state index in [1.165, 1.54) is 6.07 Å². The Morgan fingerprint density at radius 2 is 2.08 bits per heavy atom. The zero-order valence-corrected chi connectivity index (χ0v) is 7.58. The summed E-state index contributed by atoms with van der Waals surface area (Å²) in [4.78, 5) is 11.1. The van der Waals surface area contributed by atoms with Crippen LogP contribution in [0, 0.1) is 0 Å². The van der Waals surface area contributed by atoms with Gasteiger partial charge in [-0.25, -0.2) is 0 Å². The van der Waals surface area contributed by atoms with Crippen LogP contribution in [-0.2, 0) is 0 Å². The summed E-state index contributed by atoms with van der Waals surface area (Å²) in [7, 11) is 0. The van der Waals surface area contributed by atoms with Gasteiger partial charge in [-0.2, -0.15) is 0 Å². The van der Waals surface area contributed by atoms with E-state index in [1.807, 2.05) is 6.92 Å². The zero-order chi connectivity index (χ0) is 9.68. The van der Waals surface area contributed by atoms with Crippen molar-refractivity contribution in [2.45, 2.75) is 13.3 Å². The molecule has 0 aliphatic carbocycles. The monoisotopic (exact) mass is 179 g/mol. The second-order valence-electron chi connectivity index (χ2n) is 2.77. The molecule has 0 atom stereocenters. The fraction of sp³-hybridized carbons (Fsp3) is 0.300. The highest BCUT2D eigenvalue weighted by Gasteiger charge is 2.00. The van der Waals surface area contributed by atoms with Crippen molar-refractivity contribution in [3.63, 3.8) is 0 Å². The Hall–Kier alpha value is -1.51. The molecule has 0 aliphatic heterocycles. The molecule has 1 aromatic rings. The van der Waals surface area contributed by atoms with Gasteiger partial charge in [-0.05, 0) is 18.6 Å². The van der Waals surface area contributed by atoms with Crippen molar-refractivity contribution < 1.29 is 5.11 Å². The lowest BCUT2D eigenvalue weighted by Crippen LogP contribution is -2.02. The summed E-state index contributed by atoms with van der Waals surface area (Å²) >= 11 is 0. The fourth-order valence-corrected chi connectivity index (χ4v) is 0.988. The molecule has 0 aliphatic rings. The Labute approximate surface area is 77.0 Å². The molecule has 0 spiro atoms. The predicted molar refractivity (Wildman–Crippen MR) is 53.2 cm³/mol. The number of aromatic hydroxyl groups is 1. The first kappa shape index (κ1) is 9.58. The van der Waals surface area contributed by atoms with Crippen LogP contribution < -0.4 is 10.7 Å². The largest absolute Gasteiger partial charge is 0.503 e. The van der Waals surface area contributed by atoms with Crippen LogP contribution in [0.15, 0.2) is 29.1 Å². The molecule has 0 bridgehead atoms. The Bertz CT molecular complexity index is 336. The van der Waals surface area contributed by atoms with Gasteiger partial charge in [0.25, 0.3) is 0 Å². The Kier molecular flexibility index (Phi) is 3.31. The van der Waals surface area contributed by atoms with E-state index in [2.05, 4.69) is 5.32 Å². The molecule has 13 heavy (non-hydrogen) atoms. The van der Waals surface area contributed by atoms with Crippen LogP contribution in [0.3, 0.4) is 0 Å². The van der Waals surface area contributed by atoms with Crippen molar-refractivity contribution >= 4 is 5.69 Å². The molecular formula is C10H13NO2. The topological polar surface area (TPSA) is 49.3 Å². The van der Waals surface area contributed by atoms with Gasteiger partial charge in [0.2, 0.25) is 5.43 Å². The summed E-state index contributed by atoms with van der Waals surface area (Å²) in [5.41, 5.74) is 0.139. The number of hydrogen-bond donors (Lipinski definition) is 2. The second-order valence-corrected chi connectivity index (χ2v) is 2.77. The van der Waals surface area contributed by atoms with E-state index in [0.717, 1.165) is 13.0 Å². The van der Waals surface area contributed by atoms with Crippen LogP contribution in [0.5, 0.6) is 5.75 Å². The fourth-order valence-electron chi connectivity index (χ4n) is 0.988. The quantitative estimate of drug-likeness (QED) is 0.740. The van der Waals surface area contributed by atoms with Gasteiger partial charge in [-0.1, -0.05) is 19.1 Å². The standard InChI is InChI=1S/C10H13NO2/c1-2-7-11-8-5-3-4-6-9(12)10(8)13/h3-6H,2,7H2,1H3,(H2,11,12,13). The third-order valence-electron chi connectivity index (χ3n) is 1.68. The van der Waals surface area contributed by atoms with Crippen molar-refractivity contribution in [2.24, 2.45) is 0 Å². The average molecular weight is 179 g/mol. The maximum absolute atomic E-state index is 11.1. The molecule has 1 rings (SSSR count). The van der Waals surface area contributed by atoms with Gasteiger partial charge in [-0.15, -0.1) is 0 Å². The first-order chi connectivity index (χ1) is 6.25. The molecule has 0 heterocycles. The lowest BCUT2D eigenvalue weighted by Gasteiger charge is -2.02. The highest BCUT2D eigenvalue weighted by molar-refractivity contribution is 5.54. The zero-order valence-electron chi connectivity index (χ0n) is 7.58. The summed E-state index contributed by atoms with van der Waals surface area (Å²) in [5.74, 6) is -0.210. The molecule has 70 valence electrons. The van der Waals surface area contributed by atoms with Crippen molar-refractivity contribution in [1.29, 1.82) is 0 Å². The van der Waals surface area contributed by atoms with Crippen LogP contribution in [0.25, 0.3) is 0 Å². The predicted octanol–water partition coefficient (Wildman–Crippen LogP) is 1.57. The van der Waals surface area contributed by atoms with Gasteiger partial charge < -0.3 is 10.4 Å². The third-order valence-corrected chi connectivity index (χ3v) is 1.68. The van der Waals surface area contributed by atoms with E-state index < -0.39 is 0 Å². The van der Waals surface area contributed by atoms with Crippen LogP contribution in [0.4, 0.5) is 5.69 Å². The van der Waals surface area contributed by atoms with E-state index in [4.69, 9.17) is 0 Å². The van der Waals surface area contributed by atoms with Gasteiger partial charge in [-0.3, -0.25) is 4.79 Å². The minimum absolute atomic E-state index is 0.210. The van der Waals surface area contributed by atoms with Gasteiger partial charge >= 0.3 is 0 Å². The molecule has 1 aromatic carbocycles. The Morgan fingerprint density at radius 3 is 2.77 bits per heavy atom. The summed E-state index contributed by atoms with van der Waals surface area (Å²) in [5, 5.41) is 12.4. The van der Waals surface area contributed by atoms with Gasteiger partial charge in [0.1, 0.15) is 0 Å². The van der Waals surface area contributed by atoms with E-state index in [-0.39, 0.29) is 11.2 Å². The smallest absolute Gasteiger partial charge is 0.222 e. The van der Waals surface area contributed by atoms with E-state index in [1.54, 1.807) is 18.2 Å². The molecule has 3 nitrogen and oxygen atoms in total. The van der Waals surface area contributed by atoms with Crippen molar-refractivity contribution in [3.8, 4) is 5.75 Å². The minimum atomic E-state index is -0.358. The second kappa shape index (κ2) is 4.50. The average Bonchev–Trinajstić information content (AvgIpc) is 2.28. The highest BCUT2D eigenvalue weighted by Crippen LogP contribution is 2.15. The lowest BCUT2D eigenvalue weighted by atomic mass is 10.3. The van der Waals surface area contributed by atoms with Crippen LogP contribution in [0.2, 0.25) is 0 Å². The molecule has 0 saturated heterocycles. The maximum atomic E-state index is 11.1. The van der Waals surface area contributed by atoms with Gasteiger partial charge in [0.15, 0.2) is 5.75 Å². The molecular weight excluding hydrogens is 166 g/mol. The number of anilines is 1. The molecule has 0 aromatic heterocycles. The number of rotatable bonds is 3.